The molecular formula is C21H20ClN5O3. The Bertz CT molecular complexity index is 991. The third-order valence-corrected chi connectivity index (χ3v) is 5.60. The summed E-state index contributed by atoms with van der Waals surface area (Å²) in [4.78, 5) is 37.0. The van der Waals surface area contributed by atoms with E-state index in [0.717, 1.165) is 18.5 Å². The Balaban J connectivity index is 1.40. The van der Waals surface area contributed by atoms with Crippen LogP contribution < -0.4 is 9.64 Å². The molecule has 0 radical (unpaired) electrons. The first kappa shape index (κ1) is 20.1. The molecule has 0 N–H and O–H groups in total. The van der Waals surface area contributed by atoms with Crippen molar-refractivity contribution in [3.63, 3.8) is 0 Å². The van der Waals surface area contributed by atoms with Gasteiger partial charge in [-0.15, -0.1) is 0 Å². The first-order valence-electron chi connectivity index (χ1n) is 9.77. The number of hydrogen-bond acceptors (Lipinski definition) is 6. The molecule has 9 heteroatoms. The van der Waals surface area contributed by atoms with E-state index in [1.165, 1.54) is 12.4 Å². The van der Waals surface area contributed by atoms with Gasteiger partial charge in [0.2, 0.25) is 17.5 Å². The zero-order valence-electron chi connectivity index (χ0n) is 16.2. The molecule has 0 spiro atoms. The minimum absolute atomic E-state index is 0.0484. The summed E-state index contributed by atoms with van der Waals surface area (Å²) < 4.78 is 5.86. The molecule has 2 aromatic rings. The van der Waals surface area contributed by atoms with Crippen LogP contribution in [0.3, 0.4) is 0 Å². The number of nitrogens with zero attached hydrogens (tertiary/aromatic N) is 5. The van der Waals surface area contributed by atoms with Gasteiger partial charge in [-0.25, -0.2) is 9.97 Å². The maximum absolute atomic E-state index is 13.1. The second-order valence-electron chi connectivity index (χ2n) is 7.37. The maximum Gasteiger partial charge on any atom is 0.251 e. The van der Waals surface area contributed by atoms with Gasteiger partial charge in [0, 0.05) is 42.6 Å². The van der Waals surface area contributed by atoms with Crippen LogP contribution in [0, 0.1) is 17.2 Å². The molecule has 1 aromatic carbocycles. The Morgan fingerprint density at radius 3 is 2.73 bits per heavy atom. The number of benzene rings is 1. The van der Waals surface area contributed by atoms with E-state index in [1.807, 2.05) is 6.07 Å². The average molecular weight is 426 g/mol. The van der Waals surface area contributed by atoms with E-state index >= 15 is 0 Å². The first-order chi connectivity index (χ1) is 14.5. The zero-order chi connectivity index (χ0) is 21.1. The van der Waals surface area contributed by atoms with Crippen LogP contribution in [0.25, 0.3) is 0 Å². The number of aromatic nitrogens is 2. The van der Waals surface area contributed by atoms with Crippen molar-refractivity contribution >= 4 is 29.1 Å². The SMILES string of the molecule is N#Cc1nccnc1OC1CCCN(C(=O)C2CC(=O)N(c3ccc(Cl)cc3)C2)C1. The first-order valence-corrected chi connectivity index (χ1v) is 10.2. The van der Waals surface area contributed by atoms with Gasteiger partial charge >= 0.3 is 0 Å². The summed E-state index contributed by atoms with van der Waals surface area (Å²) in [7, 11) is 0. The van der Waals surface area contributed by atoms with Crippen LogP contribution in [0.1, 0.15) is 25.0 Å². The summed E-state index contributed by atoms with van der Waals surface area (Å²) >= 11 is 5.92. The normalized spacial score (nSPS) is 21.4. The van der Waals surface area contributed by atoms with Crippen molar-refractivity contribution in [2.24, 2.45) is 5.92 Å². The number of nitriles is 1. The summed E-state index contributed by atoms with van der Waals surface area (Å²) in [5, 5.41) is 9.75. The van der Waals surface area contributed by atoms with Gasteiger partial charge < -0.3 is 14.5 Å². The third-order valence-electron chi connectivity index (χ3n) is 5.35. The molecule has 2 saturated heterocycles. The minimum atomic E-state index is -0.391. The highest BCUT2D eigenvalue weighted by Gasteiger charge is 2.38. The van der Waals surface area contributed by atoms with Crippen molar-refractivity contribution in [1.29, 1.82) is 5.26 Å². The fraction of sp³-hybridized carbons (Fsp3) is 0.381. The van der Waals surface area contributed by atoms with Crippen molar-refractivity contribution in [2.75, 3.05) is 24.5 Å². The fourth-order valence-electron chi connectivity index (χ4n) is 3.88. The molecule has 2 amide bonds. The quantitative estimate of drug-likeness (QED) is 0.745. The lowest BCUT2D eigenvalue weighted by Crippen LogP contribution is -2.47. The molecule has 4 rings (SSSR count). The van der Waals surface area contributed by atoms with E-state index in [4.69, 9.17) is 21.6 Å². The molecule has 3 heterocycles. The molecule has 0 bridgehead atoms. The Kier molecular flexibility index (Phi) is 5.81. The third kappa shape index (κ3) is 4.21. The van der Waals surface area contributed by atoms with E-state index in [1.54, 1.807) is 34.1 Å². The Morgan fingerprint density at radius 1 is 1.20 bits per heavy atom. The number of ether oxygens (including phenoxy) is 1. The second-order valence-corrected chi connectivity index (χ2v) is 7.81. The number of anilines is 1. The van der Waals surface area contributed by atoms with Crippen LogP contribution in [0.15, 0.2) is 36.7 Å². The van der Waals surface area contributed by atoms with E-state index in [2.05, 4.69) is 9.97 Å². The Morgan fingerprint density at radius 2 is 1.97 bits per heavy atom. The lowest BCUT2D eigenvalue weighted by molar-refractivity contribution is -0.138. The van der Waals surface area contributed by atoms with E-state index in [-0.39, 0.29) is 35.9 Å². The molecule has 1 aromatic heterocycles. The molecule has 2 fully saturated rings. The predicted molar refractivity (Wildman–Crippen MR) is 109 cm³/mol. The highest BCUT2D eigenvalue weighted by Crippen LogP contribution is 2.28. The molecular weight excluding hydrogens is 406 g/mol. The van der Waals surface area contributed by atoms with Gasteiger partial charge in [-0.2, -0.15) is 5.26 Å². The molecule has 154 valence electrons. The van der Waals surface area contributed by atoms with Crippen molar-refractivity contribution in [3.05, 3.63) is 47.4 Å². The number of halogens is 1. The standard InChI is InChI=1S/C21H20ClN5O3/c22-15-3-5-16(6-4-15)27-12-14(10-19(27)28)21(29)26-9-1-2-17(13-26)30-20-18(11-23)24-7-8-25-20/h3-8,14,17H,1-2,9-10,12-13H2. The van der Waals surface area contributed by atoms with Gasteiger partial charge in [0.05, 0.1) is 12.5 Å². The number of carbonyl (C=O) groups is 2. The highest BCUT2D eigenvalue weighted by molar-refractivity contribution is 6.30. The van der Waals surface area contributed by atoms with E-state index in [9.17, 15) is 9.59 Å². The molecule has 2 atom stereocenters. The predicted octanol–water partition coefficient (Wildman–Crippen LogP) is 2.42. The van der Waals surface area contributed by atoms with Gasteiger partial charge in [-0.1, -0.05) is 11.6 Å². The van der Waals surface area contributed by atoms with Crippen LogP contribution in [0.2, 0.25) is 5.02 Å². The minimum Gasteiger partial charge on any atom is -0.470 e. The van der Waals surface area contributed by atoms with Gasteiger partial charge in [0.15, 0.2) is 0 Å². The molecule has 2 aliphatic heterocycles. The van der Waals surface area contributed by atoms with Gasteiger partial charge in [0.1, 0.15) is 12.2 Å². The fourth-order valence-corrected chi connectivity index (χ4v) is 4.01. The van der Waals surface area contributed by atoms with Crippen molar-refractivity contribution in [2.45, 2.75) is 25.4 Å². The summed E-state index contributed by atoms with van der Waals surface area (Å²) in [6.45, 7) is 1.37. The number of likely N-dealkylation sites (tertiary alicyclic amines) is 1. The number of rotatable bonds is 4. The van der Waals surface area contributed by atoms with Crippen LogP contribution >= 0.6 is 11.6 Å². The van der Waals surface area contributed by atoms with Crippen LogP contribution in [0.5, 0.6) is 5.88 Å². The van der Waals surface area contributed by atoms with E-state index < -0.39 is 5.92 Å². The van der Waals surface area contributed by atoms with Crippen molar-refractivity contribution < 1.29 is 14.3 Å². The van der Waals surface area contributed by atoms with Gasteiger partial charge in [-0.05, 0) is 37.1 Å². The number of amides is 2. The monoisotopic (exact) mass is 425 g/mol. The Hall–Kier alpha value is -3.18. The average Bonchev–Trinajstić information content (AvgIpc) is 3.16. The molecule has 2 aliphatic rings. The largest absolute Gasteiger partial charge is 0.470 e. The van der Waals surface area contributed by atoms with Gasteiger partial charge in [-0.3, -0.25) is 9.59 Å². The molecule has 30 heavy (non-hydrogen) atoms. The van der Waals surface area contributed by atoms with Crippen LogP contribution in [-0.4, -0.2) is 52.4 Å². The lowest BCUT2D eigenvalue weighted by Gasteiger charge is -2.34. The number of carbonyl (C=O) groups excluding carboxylic acids is 2. The lowest BCUT2D eigenvalue weighted by atomic mass is 10.0. The highest BCUT2D eigenvalue weighted by atomic mass is 35.5. The summed E-state index contributed by atoms with van der Waals surface area (Å²) in [6, 6.07) is 8.99. The summed E-state index contributed by atoms with van der Waals surface area (Å²) in [5.41, 5.74) is 0.868. The van der Waals surface area contributed by atoms with Gasteiger partial charge in [0.25, 0.3) is 5.88 Å². The van der Waals surface area contributed by atoms with E-state index in [0.29, 0.717) is 24.7 Å². The topological polar surface area (TPSA) is 99.4 Å². The van der Waals surface area contributed by atoms with Crippen LogP contribution in [0.4, 0.5) is 5.69 Å². The summed E-state index contributed by atoms with van der Waals surface area (Å²) in [5.74, 6) is -0.325. The smallest absolute Gasteiger partial charge is 0.251 e. The zero-order valence-corrected chi connectivity index (χ0v) is 17.0. The van der Waals surface area contributed by atoms with Crippen LogP contribution in [-0.2, 0) is 9.59 Å². The van der Waals surface area contributed by atoms with Crippen molar-refractivity contribution in [3.8, 4) is 11.9 Å². The molecule has 8 nitrogen and oxygen atoms in total. The number of hydrogen-bond donors (Lipinski definition) is 0. The number of piperidine rings is 1. The summed E-state index contributed by atoms with van der Waals surface area (Å²) in [6.07, 6.45) is 4.36. The molecule has 2 unspecified atom stereocenters. The Labute approximate surface area is 179 Å². The molecule has 0 saturated carbocycles. The maximum atomic E-state index is 13.1. The van der Waals surface area contributed by atoms with Crippen molar-refractivity contribution in [1.82, 2.24) is 14.9 Å². The molecule has 0 aliphatic carbocycles. The second kappa shape index (κ2) is 8.67.